The molecule has 0 fully saturated rings. The third-order valence-corrected chi connectivity index (χ3v) is 2.99. The molecule has 0 N–H and O–H groups in total. The second kappa shape index (κ2) is 7.97. The lowest BCUT2D eigenvalue weighted by Gasteiger charge is -2.11. The normalized spacial score (nSPS) is 10.7. The van der Waals surface area contributed by atoms with Crippen molar-refractivity contribution < 1.29 is 35.1 Å². The number of benzene rings is 1. The Morgan fingerprint density at radius 3 is 1.95 bits per heavy atom. The lowest BCUT2D eigenvalue weighted by Crippen LogP contribution is -3.00. The molecule has 0 saturated heterocycles. The lowest BCUT2D eigenvalue weighted by atomic mass is 10.1. The minimum atomic E-state index is -4.41. The molecule has 1 aromatic rings. The Labute approximate surface area is 126 Å². The van der Waals surface area contributed by atoms with E-state index in [0.717, 1.165) is 0 Å². The Bertz CT molecular complexity index is 507. The summed E-state index contributed by atoms with van der Waals surface area (Å²) in [6.07, 6.45) is -4.70. The number of alkyl halides is 3. The van der Waals surface area contributed by atoms with Crippen LogP contribution in [0.15, 0.2) is 24.3 Å². The van der Waals surface area contributed by atoms with Gasteiger partial charge in [-0.1, -0.05) is 12.1 Å². The van der Waals surface area contributed by atoms with E-state index in [4.69, 9.17) is 0 Å². The number of nitro groups is 1. The van der Waals surface area contributed by atoms with E-state index in [2.05, 4.69) is 0 Å². The average molecular weight is 325 g/mol. The van der Waals surface area contributed by atoms with Crippen LogP contribution in [0.4, 0.5) is 18.9 Å². The maximum Gasteiger partial charge on any atom is 0.472 e. The monoisotopic (exact) mass is 324 g/mol. The summed E-state index contributed by atoms with van der Waals surface area (Å²) in [4.78, 5) is 9.93. The molecule has 0 saturated carbocycles. The van der Waals surface area contributed by atoms with E-state index in [1.54, 1.807) is 13.8 Å². The van der Waals surface area contributed by atoms with Crippen molar-refractivity contribution in [3.63, 3.8) is 0 Å². The van der Waals surface area contributed by atoms with Crippen LogP contribution in [0.2, 0.25) is 0 Å². The zero-order valence-electron chi connectivity index (χ0n) is 11.7. The van der Waals surface area contributed by atoms with Crippen molar-refractivity contribution in [3.8, 4) is 0 Å². The molecule has 0 aromatic heterocycles. The van der Waals surface area contributed by atoms with Crippen molar-refractivity contribution in [2.45, 2.75) is 26.4 Å². The van der Waals surface area contributed by atoms with Gasteiger partial charge in [0.15, 0.2) is 0 Å². The van der Waals surface area contributed by atoms with Crippen LogP contribution in [0.3, 0.4) is 0 Å². The highest BCUT2D eigenvalue weighted by molar-refractivity contribution is 5.87. The van der Waals surface area contributed by atoms with Gasteiger partial charge in [0.05, 0.1) is 11.3 Å². The highest BCUT2D eigenvalue weighted by Gasteiger charge is 2.42. The van der Waals surface area contributed by atoms with Crippen molar-refractivity contribution in [1.82, 2.24) is 0 Å². The summed E-state index contributed by atoms with van der Waals surface area (Å²) >= 11 is 0. The van der Waals surface area contributed by atoms with Crippen molar-refractivity contribution in [3.05, 3.63) is 39.9 Å². The largest absolute Gasteiger partial charge is 1.00 e. The van der Waals surface area contributed by atoms with Crippen LogP contribution in [0.1, 0.15) is 19.4 Å². The number of hydrogen-bond acceptors (Lipinski definition) is 2. The zero-order chi connectivity index (χ0) is 15.3. The van der Waals surface area contributed by atoms with E-state index in [9.17, 15) is 23.3 Å². The summed E-state index contributed by atoms with van der Waals surface area (Å²) < 4.78 is 40.4. The highest BCUT2D eigenvalue weighted by atomic mass is 35.5. The van der Waals surface area contributed by atoms with Gasteiger partial charge in [-0.3, -0.25) is 10.1 Å². The fraction of sp³-hybridized carbons (Fsp3) is 0.462. The average Bonchev–Trinajstić information content (AvgIpc) is 2.38. The van der Waals surface area contributed by atoms with Gasteiger partial charge in [-0.2, -0.15) is 13.2 Å². The molecular formula is C13H16ClF3N2O2. The second-order valence-corrected chi connectivity index (χ2v) is 4.22. The number of hydrogen-bond donors (Lipinski definition) is 0. The predicted octanol–water partition coefficient (Wildman–Crippen LogP) is 0.197. The number of rotatable bonds is 5. The molecule has 4 nitrogen and oxygen atoms in total. The first-order valence-corrected chi connectivity index (χ1v) is 6.20. The van der Waals surface area contributed by atoms with Crippen LogP contribution in [0.25, 0.3) is 0 Å². The molecule has 8 heteroatoms. The fourth-order valence-corrected chi connectivity index (χ4v) is 1.93. The van der Waals surface area contributed by atoms with E-state index in [1.165, 1.54) is 28.8 Å². The van der Waals surface area contributed by atoms with Gasteiger partial charge >= 0.3 is 6.18 Å². The van der Waals surface area contributed by atoms with E-state index in [1.807, 2.05) is 0 Å². The van der Waals surface area contributed by atoms with E-state index in [0.29, 0.717) is 5.56 Å². The molecule has 0 unspecified atom stereocenters. The summed E-state index contributed by atoms with van der Waals surface area (Å²) in [5.41, 5.74) is -0.365. The molecule has 0 radical (unpaired) electrons. The molecule has 0 spiro atoms. The number of nitro benzene ring substituents is 1. The molecule has 1 aromatic carbocycles. The first-order valence-electron chi connectivity index (χ1n) is 6.20. The first kappa shape index (κ1) is 19.4. The second-order valence-electron chi connectivity index (χ2n) is 4.22. The molecule has 0 heterocycles. The Kier molecular flexibility index (Phi) is 7.35. The standard InChI is InChI=1S/C13H16F3N2O2.ClH/c1-3-17(4-2)12(13(14,15)16)9-10-5-7-11(8-6-10)18(19)20;/h5-8H,3-4,9H2,1-2H3;1H/q+1;/p-1. The van der Waals surface area contributed by atoms with Gasteiger partial charge in [0, 0.05) is 12.1 Å². The third kappa shape index (κ3) is 5.34. The minimum Gasteiger partial charge on any atom is -1.00 e. The molecule has 0 atom stereocenters. The van der Waals surface area contributed by atoms with Crippen molar-refractivity contribution in [2.24, 2.45) is 0 Å². The maximum atomic E-state index is 13.1. The zero-order valence-corrected chi connectivity index (χ0v) is 12.4. The number of nitrogens with zero attached hydrogens (tertiary/aromatic N) is 2. The van der Waals surface area contributed by atoms with Crippen molar-refractivity contribution in [1.29, 1.82) is 0 Å². The Morgan fingerprint density at radius 2 is 1.62 bits per heavy atom. The Morgan fingerprint density at radius 1 is 1.14 bits per heavy atom. The van der Waals surface area contributed by atoms with Crippen LogP contribution >= 0.6 is 0 Å². The quantitative estimate of drug-likeness (QED) is 0.336. The predicted molar refractivity (Wildman–Crippen MR) is 69.2 cm³/mol. The first-order chi connectivity index (χ1) is 9.29. The molecular weight excluding hydrogens is 309 g/mol. The van der Waals surface area contributed by atoms with Crippen molar-refractivity contribution >= 4 is 11.4 Å². The van der Waals surface area contributed by atoms with Crippen LogP contribution < -0.4 is 12.4 Å². The molecule has 118 valence electrons. The summed E-state index contributed by atoms with van der Waals surface area (Å²) in [5, 5.41) is 10.5. The molecule has 0 aliphatic carbocycles. The van der Waals surface area contributed by atoms with Crippen LogP contribution in [-0.2, 0) is 6.42 Å². The minimum absolute atomic E-state index is 0. The molecule has 0 amide bonds. The van der Waals surface area contributed by atoms with Gasteiger partial charge < -0.3 is 12.4 Å². The van der Waals surface area contributed by atoms with Gasteiger partial charge in [-0.15, -0.1) is 0 Å². The molecule has 0 bridgehead atoms. The van der Waals surface area contributed by atoms with Crippen LogP contribution in [-0.4, -0.2) is 34.5 Å². The van der Waals surface area contributed by atoms with Crippen LogP contribution in [0, 0.1) is 10.1 Å². The van der Waals surface area contributed by atoms with E-state index < -0.39 is 16.8 Å². The lowest BCUT2D eigenvalue weighted by molar-refractivity contribution is -0.528. The van der Waals surface area contributed by atoms with Gasteiger partial charge in [0.1, 0.15) is 13.1 Å². The van der Waals surface area contributed by atoms with E-state index in [-0.39, 0.29) is 37.6 Å². The third-order valence-electron chi connectivity index (χ3n) is 2.99. The van der Waals surface area contributed by atoms with Gasteiger partial charge in [-0.05, 0) is 19.4 Å². The maximum absolute atomic E-state index is 13.1. The fourth-order valence-electron chi connectivity index (χ4n) is 1.93. The topological polar surface area (TPSA) is 46.1 Å². The van der Waals surface area contributed by atoms with E-state index >= 15 is 0 Å². The highest BCUT2D eigenvalue weighted by Crippen LogP contribution is 2.21. The number of halogens is 4. The molecule has 0 aliphatic rings. The molecule has 1 rings (SSSR count). The van der Waals surface area contributed by atoms with Gasteiger partial charge in [0.25, 0.3) is 11.4 Å². The van der Waals surface area contributed by atoms with Gasteiger partial charge in [0.2, 0.25) is 0 Å². The SMILES string of the molecule is CC[N+](CC)=C(Cc1ccc([N+](=O)[O-])cc1)C(F)(F)F.[Cl-]. The molecule has 21 heavy (non-hydrogen) atoms. The van der Waals surface area contributed by atoms with Crippen molar-refractivity contribution in [2.75, 3.05) is 13.1 Å². The number of non-ortho nitro benzene ring substituents is 1. The summed E-state index contributed by atoms with van der Waals surface area (Å²) in [5.74, 6) is 0. The Balaban J connectivity index is 0.00000400. The van der Waals surface area contributed by atoms with Crippen LogP contribution in [0.5, 0.6) is 0 Å². The summed E-state index contributed by atoms with van der Waals surface area (Å²) in [6, 6.07) is 5.14. The van der Waals surface area contributed by atoms with Gasteiger partial charge in [-0.25, -0.2) is 4.58 Å². The molecule has 0 aliphatic heterocycles. The summed E-state index contributed by atoms with van der Waals surface area (Å²) in [7, 11) is 0. The summed E-state index contributed by atoms with van der Waals surface area (Å²) in [6.45, 7) is 3.84. The smallest absolute Gasteiger partial charge is 0.472 e. The Hall–Kier alpha value is -1.63.